The van der Waals surface area contributed by atoms with Crippen molar-refractivity contribution in [2.24, 2.45) is 0 Å². The lowest BCUT2D eigenvalue weighted by molar-refractivity contribution is 0.303. The molecule has 0 atom stereocenters. The number of hydrogen-bond donors (Lipinski definition) is 1. The van der Waals surface area contributed by atoms with Crippen LogP contribution >= 0.6 is 0 Å². The summed E-state index contributed by atoms with van der Waals surface area (Å²) in [5, 5.41) is 8.68. The van der Waals surface area contributed by atoms with Crippen LogP contribution in [0.15, 0.2) is 36.4 Å². The van der Waals surface area contributed by atoms with Crippen LogP contribution < -0.4 is 4.74 Å². The summed E-state index contributed by atoms with van der Waals surface area (Å²) in [5.41, 5.74) is 3.64. The topological polar surface area (TPSA) is 29.5 Å². The van der Waals surface area contributed by atoms with E-state index in [0.29, 0.717) is 6.61 Å². The van der Waals surface area contributed by atoms with Gasteiger partial charge in [-0.15, -0.1) is 0 Å². The van der Waals surface area contributed by atoms with Gasteiger partial charge in [0.05, 0.1) is 0 Å². The molecule has 0 aliphatic rings. The van der Waals surface area contributed by atoms with E-state index in [1.165, 1.54) is 12.1 Å². The van der Waals surface area contributed by atoms with E-state index >= 15 is 0 Å². The molecular weight excluding hydrogens is 267 g/mol. The average Bonchev–Trinajstić information content (AvgIpc) is 2.45. The van der Waals surface area contributed by atoms with Crippen LogP contribution in [0, 0.1) is 31.5 Å². The maximum atomic E-state index is 13.0. The van der Waals surface area contributed by atoms with E-state index < -0.39 is 0 Å². The highest BCUT2D eigenvalue weighted by Gasteiger charge is 2.04. The molecule has 2 rings (SSSR count). The fourth-order valence-corrected chi connectivity index (χ4v) is 2.01. The molecule has 0 aliphatic carbocycles. The van der Waals surface area contributed by atoms with Crippen molar-refractivity contribution in [3.8, 4) is 17.6 Å². The lowest BCUT2D eigenvalue weighted by Crippen LogP contribution is -1.99. The Morgan fingerprint density at radius 1 is 1.10 bits per heavy atom. The molecule has 2 aromatic carbocycles. The molecule has 0 amide bonds. The Labute approximate surface area is 124 Å². The fraction of sp³-hybridized carbons (Fsp3) is 0.222. The lowest BCUT2D eigenvalue weighted by Gasteiger charge is -2.11. The summed E-state index contributed by atoms with van der Waals surface area (Å²) in [7, 11) is 0. The molecule has 0 unspecified atom stereocenters. The number of aliphatic hydroxyl groups excluding tert-OH is 1. The van der Waals surface area contributed by atoms with Crippen molar-refractivity contribution >= 4 is 0 Å². The van der Waals surface area contributed by atoms with Gasteiger partial charge in [0.15, 0.2) is 0 Å². The third kappa shape index (κ3) is 4.08. The number of benzene rings is 2. The zero-order chi connectivity index (χ0) is 15.2. The molecule has 0 radical (unpaired) electrons. The van der Waals surface area contributed by atoms with E-state index in [1.54, 1.807) is 6.07 Å². The monoisotopic (exact) mass is 284 g/mol. The molecule has 2 aromatic rings. The van der Waals surface area contributed by atoms with Crippen LogP contribution in [-0.2, 0) is 6.61 Å². The van der Waals surface area contributed by atoms with Crippen molar-refractivity contribution in [1.82, 2.24) is 0 Å². The normalized spacial score (nSPS) is 9.90. The minimum absolute atomic E-state index is 0.152. The van der Waals surface area contributed by atoms with Crippen LogP contribution in [-0.4, -0.2) is 11.7 Å². The maximum absolute atomic E-state index is 13.0. The highest BCUT2D eigenvalue weighted by molar-refractivity contribution is 5.43. The van der Waals surface area contributed by atoms with Gasteiger partial charge >= 0.3 is 0 Å². The molecule has 2 nitrogen and oxygen atoms in total. The minimum atomic E-state index is -0.237. The van der Waals surface area contributed by atoms with E-state index in [1.807, 2.05) is 32.0 Å². The van der Waals surface area contributed by atoms with Gasteiger partial charge in [-0.2, -0.15) is 0 Å². The smallest absolute Gasteiger partial charge is 0.123 e. The van der Waals surface area contributed by atoms with E-state index in [-0.39, 0.29) is 12.4 Å². The molecule has 0 aliphatic heterocycles. The Kier molecular flexibility index (Phi) is 4.97. The molecule has 0 spiro atoms. The van der Waals surface area contributed by atoms with E-state index in [0.717, 1.165) is 28.0 Å². The first kappa shape index (κ1) is 15.1. The zero-order valence-corrected chi connectivity index (χ0v) is 12.1. The lowest BCUT2D eigenvalue weighted by atomic mass is 10.1. The molecule has 1 N–H and O–H groups in total. The van der Waals surface area contributed by atoms with Gasteiger partial charge in [-0.3, -0.25) is 0 Å². The van der Waals surface area contributed by atoms with Crippen molar-refractivity contribution in [3.05, 3.63) is 64.5 Å². The summed E-state index contributed by atoms with van der Waals surface area (Å²) >= 11 is 0. The zero-order valence-electron chi connectivity index (χ0n) is 12.1. The van der Waals surface area contributed by atoms with E-state index in [4.69, 9.17) is 9.84 Å². The highest BCUT2D eigenvalue weighted by atomic mass is 19.1. The highest BCUT2D eigenvalue weighted by Crippen LogP contribution is 2.21. The van der Waals surface area contributed by atoms with Gasteiger partial charge in [-0.25, -0.2) is 4.39 Å². The van der Waals surface area contributed by atoms with Crippen LogP contribution in [0.3, 0.4) is 0 Å². The summed E-state index contributed by atoms with van der Waals surface area (Å²) in [6.07, 6.45) is 0. The summed E-state index contributed by atoms with van der Waals surface area (Å²) in [5.74, 6) is 6.00. The largest absolute Gasteiger partial charge is 0.489 e. The Bertz CT molecular complexity index is 696. The summed E-state index contributed by atoms with van der Waals surface area (Å²) < 4.78 is 18.8. The SMILES string of the molecule is Cc1cc(F)ccc1COc1ccc(C#CCO)cc1C. The second-order valence-corrected chi connectivity index (χ2v) is 4.80. The second-order valence-electron chi connectivity index (χ2n) is 4.80. The summed E-state index contributed by atoms with van der Waals surface area (Å²) in [6.45, 7) is 4.05. The predicted octanol–water partition coefficient (Wildman–Crippen LogP) is 3.37. The maximum Gasteiger partial charge on any atom is 0.123 e. The first-order valence-corrected chi connectivity index (χ1v) is 6.68. The van der Waals surface area contributed by atoms with E-state index in [9.17, 15) is 4.39 Å². The van der Waals surface area contributed by atoms with Crippen LogP contribution in [0.25, 0.3) is 0 Å². The summed E-state index contributed by atoms with van der Waals surface area (Å²) in [6, 6.07) is 10.3. The Morgan fingerprint density at radius 2 is 1.90 bits per heavy atom. The molecule has 0 fully saturated rings. The molecule has 0 saturated heterocycles. The van der Waals surface area contributed by atoms with Gasteiger partial charge in [-0.1, -0.05) is 17.9 Å². The van der Waals surface area contributed by atoms with Crippen LogP contribution in [0.5, 0.6) is 5.75 Å². The number of aryl methyl sites for hydroxylation is 2. The third-order valence-corrected chi connectivity index (χ3v) is 3.17. The van der Waals surface area contributed by atoms with Crippen molar-refractivity contribution in [3.63, 3.8) is 0 Å². The Hall–Kier alpha value is -2.31. The molecule has 0 saturated carbocycles. The first-order valence-electron chi connectivity index (χ1n) is 6.68. The quantitative estimate of drug-likeness (QED) is 0.876. The molecule has 3 heteroatoms. The van der Waals surface area contributed by atoms with Gasteiger partial charge in [-0.05, 0) is 60.9 Å². The molecule has 108 valence electrons. The molecule has 21 heavy (non-hydrogen) atoms. The van der Waals surface area contributed by atoms with Crippen LogP contribution in [0.1, 0.15) is 22.3 Å². The van der Waals surface area contributed by atoms with Gasteiger partial charge in [0.2, 0.25) is 0 Å². The van der Waals surface area contributed by atoms with Crippen molar-refractivity contribution in [1.29, 1.82) is 0 Å². The van der Waals surface area contributed by atoms with Gasteiger partial charge in [0.25, 0.3) is 0 Å². The number of aliphatic hydroxyl groups is 1. The summed E-state index contributed by atoms with van der Waals surface area (Å²) in [4.78, 5) is 0. The number of halogens is 1. The third-order valence-electron chi connectivity index (χ3n) is 3.17. The second kappa shape index (κ2) is 6.92. The Balaban J connectivity index is 2.09. The van der Waals surface area contributed by atoms with Crippen molar-refractivity contribution < 1.29 is 14.2 Å². The predicted molar refractivity (Wildman–Crippen MR) is 80.6 cm³/mol. The van der Waals surface area contributed by atoms with Gasteiger partial charge in [0, 0.05) is 5.56 Å². The van der Waals surface area contributed by atoms with Crippen molar-refractivity contribution in [2.75, 3.05) is 6.61 Å². The first-order chi connectivity index (χ1) is 10.1. The number of ether oxygens (including phenoxy) is 1. The minimum Gasteiger partial charge on any atom is -0.489 e. The molecule has 0 bridgehead atoms. The van der Waals surface area contributed by atoms with Crippen molar-refractivity contribution in [2.45, 2.75) is 20.5 Å². The average molecular weight is 284 g/mol. The molecule has 0 heterocycles. The van der Waals surface area contributed by atoms with Crippen LogP contribution in [0.4, 0.5) is 4.39 Å². The number of rotatable bonds is 3. The fourth-order valence-electron chi connectivity index (χ4n) is 2.01. The molecular formula is C18H17FO2. The van der Waals surface area contributed by atoms with E-state index in [2.05, 4.69) is 11.8 Å². The van der Waals surface area contributed by atoms with Gasteiger partial charge in [0.1, 0.15) is 24.8 Å². The Morgan fingerprint density at radius 3 is 2.57 bits per heavy atom. The van der Waals surface area contributed by atoms with Gasteiger partial charge < -0.3 is 9.84 Å². The number of hydrogen-bond acceptors (Lipinski definition) is 2. The molecule has 0 aromatic heterocycles. The standard InChI is InChI=1S/C18H17FO2/c1-13-11-17(19)7-6-16(13)12-21-18-8-5-15(4-3-9-20)10-14(18)2/h5-8,10-11,20H,9,12H2,1-2H3. The van der Waals surface area contributed by atoms with Crippen LogP contribution in [0.2, 0.25) is 0 Å².